The zero-order valence-corrected chi connectivity index (χ0v) is 16.1. The number of rotatable bonds is 4. The van der Waals surface area contributed by atoms with E-state index in [4.69, 9.17) is 0 Å². The number of hydrogen-bond donors (Lipinski definition) is 0. The number of nitrogens with zero attached hydrogens (tertiary/aromatic N) is 5. The van der Waals surface area contributed by atoms with Crippen LogP contribution in [0.4, 0.5) is 17.1 Å². The first kappa shape index (κ1) is 19.7. The molecule has 1 aliphatic heterocycles. The minimum absolute atomic E-state index is 0. The number of azo groups is 1. The van der Waals surface area contributed by atoms with Crippen LogP contribution >= 0.6 is 0 Å². The summed E-state index contributed by atoms with van der Waals surface area (Å²) in [6.07, 6.45) is 0. The van der Waals surface area contributed by atoms with Gasteiger partial charge in [0.05, 0.1) is 22.0 Å². The van der Waals surface area contributed by atoms with Gasteiger partial charge in [-0.15, -0.1) is 0 Å². The number of benzene rings is 2. The molecule has 0 saturated carbocycles. The van der Waals surface area contributed by atoms with Crippen LogP contribution in [0.2, 0.25) is 0 Å². The Morgan fingerprint density at radius 3 is 2.54 bits per heavy atom. The van der Waals surface area contributed by atoms with Gasteiger partial charge in [-0.05, 0) is 19.1 Å². The molecule has 3 rings (SSSR count). The predicted octanol–water partition coefficient (Wildman–Crippen LogP) is -0.453. The predicted molar refractivity (Wildman–Crippen MR) is 87.9 cm³/mol. The van der Waals surface area contributed by atoms with Crippen molar-refractivity contribution in [3.63, 3.8) is 0 Å². The Balaban J connectivity index is 0.00000243. The summed E-state index contributed by atoms with van der Waals surface area (Å²) < 4.78 is 0. The first-order valence-electron chi connectivity index (χ1n) is 7.28. The Kier molecular flexibility index (Phi) is 6.19. The summed E-state index contributed by atoms with van der Waals surface area (Å²) in [5, 5.41) is 35.5. The normalized spacial score (nSPS) is 16.5. The topological polar surface area (TPSA) is 124 Å². The number of hydrogen-bond acceptors (Lipinski definition) is 7. The molecule has 0 aliphatic carbocycles. The molecule has 126 valence electrons. The minimum Gasteiger partial charge on any atom is -0.871 e. The fourth-order valence-corrected chi connectivity index (χ4v) is 2.26. The molecule has 0 radical (unpaired) electrons. The van der Waals surface area contributed by atoms with Crippen molar-refractivity contribution in [1.29, 1.82) is 0 Å². The molecule has 1 atom stereocenters. The molecule has 2 aromatic rings. The molecule has 2 aromatic carbocycles. The van der Waals surface area contributed by atoms with Gasteiger partial charge in [-0.2, -0.15) is 20.3 Å². The summed E-state index contributed by atoms with van der Waals surface area (Å²) in [6.45, 7) is 1.62. The number of anilines is 1. The summed E-state index contributed by atoms with van der Waals surface area (Å²) in [7, 11) is 0. The van der Waals surface area contributed by atoms with E-state index in [1.165, 1.54) is 5.01 Å². The summed E-state index contributed by atoms with van der Waals surface area (Å²) in [5.41, 5.74) is 0.524. The minimum atomic E-state index is -0.973. The Labute approximate surface area is 170 Å². The zero-order chi connectivity index (χ0) is 18.0. The van der Waals surface area contributed by atoms with Gasteiger partial charge in [-0.3, -0.25) is 14.9 Å². The van der Waals surface area contributed by atoms with Crippen molar-refractivity contribution in [3.05, 3.63) is 58.6 Å². The van der Waals surface area contributed by atoms with E-state index in [9.17, 15) is 20.0 Å². The molecule has 0 saturated heterocycles. The number of hydrazone groups is 1. The van der Waals surface area contributed by atoms with Gasteiger partial charge < -0.3 is 5.11 Å². The first-order valence-corrected chi connectivity index (χ1v) is 7.28. The zero-order valence-electron chi connectivity index (χ0n) is 14.1. The van der Waals surface area contributed by atoms with Gasteiger partial charge in [0.2, 0.25) is 0 Å². The number of carbonyl (C=O) groups is 1. The van der Waals surface area contributed by atoms with Crippen LogP contribution in [-0.4, -0.2) is 22.6 Å². The first-order chi connectivity index (χ1) is 12.0. The largest absolute Gasteiger partial charge is 1.00 e. The monoisotopic (exact) mass is 361 g/mol. The van der Waals surface area contributed by atoms with Crippen molar-refractivity contribution in [2.45, 2.75) is 13.0 Å². The maximum absolute atomic E-state index is 12.5. The standard InChI is InChI=1S/C16H13N5O4.Na/c1-10-15(16(23)20(19-10)11-5-3-2-4-6-11)18-17-13-9-12(21(24)25)7-8-14(13)22;/h2-9,15,22H,1H3;/q;+1/p-1. The van der Waals surface area contributed by atoms with Crippen molar-refractivity contribution in [2.75, 3.05) is 5.01 Å². The van der Waals surface area contributed by atoms with E-state index in [1.54, 1.807) is 31.2 Å². The van der Waals surface area contributed by atoms with Crippen LogP contribution in [0.1, 0.15) is 6.92 Å². The summed E-state index contributed by atoms with van der Waals surface area (Å²) in [6, 6.07) is 11.0. The fraction of sp³-hybridized carbons (Fsp3) is 0.125. The molecule has 0 aromatic heterocycles. The molecule has 0 spiro atoms. The Hall–Kier alpha value is -2.62. The molecule has 10 heteroatoms. The maximum atomic E-state index is 12.5. The van der Waals surface area contributed by atoms with E-state index in [2.05, 4.69) is 15.3 Å². The number of carbonyl (C=O) groups excluding carboxylic acids is 1. The maximum Gasteiger partial charge on any atom is 1.00 e. The molecule has 1 heterocycles. The fourth-order valence-electron chi connectivity index (χ4n) is 2.26. The molecule has 0 fully saturated rings. The molecule has 1 aliphatic rings. The van der Waals surface area contributed by atoms with E-state index in [0.717, 1.165) is 18.2 Å². The third-order valence-corrected chi connectivity index (χ3v) is 3.53. The second-order valence-corrected chi connectivity index (χ2v) is 5.25. The third kappa shape index (κ3) is 3.96. The molecular weight excluding hydrogens is 349 g/mol. The molecule has 1 unspecified atom stereocenters. The second kappa shape index (κ2) is 8.17. The van der Waals surface area contributed by atoms with Gasteiger partial charge in [0.1, 0.15) is 0 Å². The molecule has 0 bridgehead atoms. The van der Waals surface area contributed by atoms with Gasteiger partial charge in [0.15, 0.2) is 6.04 Å². The van der Waals surface area contributed by atoms with E-state index < -0.39 is 22.6 Å². The smallest absolute Gasteiger partial charge is 0.871 e. The number of nitro groups is 1. The molecular formula is C16H12N5NaO4. The summed E-state index contributed by atoms with van der Waals surface area (Å²) in [4.78, 5) is 22.6. The Morgan fingerprint density at radius 2 is 1.88 bits per heavy atom. The molecule has 0 N–H and O–H groups in total. The second-order valence-electron chi connectivity index (χ2n) is 5.25. The average Bonchev–Trinajstić information content (AvgIpc) is 2.89. The quantitative estimate of drug-likeness (QED) is 0.316. The van der Waals surface area contributed by atoms with E-state index in [-0.39, 0.29) is 40.9 Å². The number of nitro benzene ring substituents is 1. The molecule has 1 amide bonds. The number of non-ortho nitro benzene ring substituents is 1. The van der Waals surface area contributed by atoms with Crippen molar-refractivity contribution in [2.24, 2.45) is 15.3 Å². The Bertz CT molecular complexity index is 901. The van der Waals surface area contributed by atoms with Gasteiger partial charge in [0.25, 0.3) is 11.6 Å². The average molecular weight is 361 g/mol. The van der Waals surface area contributed by atoms with Crippen LogP contribution in [0, 0.1) is 10.1 Å². The van der Waals surface area contributed by atoms with Crippen LogP contribution in [0.5, 0.6) is 5.75 Å². The van der Waals surface area contributed by atoms with E-state index in [1.807, 2.05) is 6.07 Å². The van der Waals surface area contributed by atoms with Crippen molar-refractivity contribution >= 4 is 28.7 Å². The van der Waals surface area contributed by atoms with Crippen LogP contribution < -0.4 is 39.7 Å². The number of amides is 1. The van der Waals surface area contributed by atoms with Crippen LogP contribution in [0.15, 0.2) is 63.9 Å². The van der Waals surface area contributed by atoms with E-state index >= 15 is 0 Å². The van der Waals surface area contributed by atoms with Crippen molar-refractivity contribution < 1.29 is 44.4 Å². The van der Waals surface area contributed by atoms with Gasteiger partial charge in [-0.1, -0.05) is 30.0 Å². The Morgan fingerprint density at radius 1 is 1.19 bits per heavy atom. The molecule has 9 nitrogen and oxygen atoms in total. The number of para-hydroxylation sites is 1. The molecule has 26 heavy (non-hydrogen) atoms. The third-order valence-electron chi connectivity index (χ3n) is 3.53. The van der Waals surface area contributed by atoms with Gasteiger partial charge in [0, 0.05) is 12.1 Å². The van der Waals surface area contributed by atoms with Crippen molar-refractivity contribution in [1.82, 2.24) is 0 Å². The van der Waals surface area contributed by atoms with Gasteiger partial charge >= 0.3 is 29.6 Å². The summed E-state index contributed by atoms with van der Waals surface area (Å²) >= 11 is 0. The summed E-state index contributed by atoms with van der Waals surface area (Å²) in [5.74, 6) is -0.931. The van der Waals surface area contributed by atoms with Crippen LogP contribution in [-0.2, 0) is 4.79 Å². The SMILES string of the molecule is CC1=NN(c2ccccc2)C(=O)C1N=Nc1cc([N+](=O)[O-])ccc1[O-].[Na+]. The van der Waals surface area contributed by atoms with Crippen LogP contribution in [0.3, 0.4) is 0 Å². The van der Waals surface area contributed by atoms with Crippen LogP contribution in [0.25, 0.3) is 0 Å². The van der Waals surface area contributed by atoms with Crippen molar-refractivity contribution in [3.8, 4) is 5.75 Å². The van der Waals surface area contributed by atoms with Gasteiger partial charge in [-0.25, -0.2) is 0 Å². The van der Waals surface area contributed by atoms with E-state index in [0.29, 0.717) is 11.4 Å².